The summed E-state index contributed by atoms with van der Waals surface area (Å²) in [5.41, 5.74) is 3.07. The van der Waals surface area contributed by atoms with E-state index < -0.39 is 0 Å². The van der Waals surface area contributed by atoms with Crippen LogP contribution in [0.5, 0.6) is 0 Å². The minimum absolute atomic E-state index is 0.583. The van der Waals surface area contributed by atoms with E-state index in [9.17, 15) is 0 Å². The molecule has 0 unspecified atom stereocenters. The van der Waals surface area contributed by atoms with Crippen LogP contribution in [0.1, 0.15) is 16.4 Å². The Labute approximate surface area is 104 Å². The summed E-state index contributed by atoms with van der Waals surface area (Å²) >= 11 is 7.25. The number of hydrogen-bond donors (Lipinski definition) is 0. The smallest absolute Gasteiger partial charge is 0.149 e. The summed E-state index contributed by atoms with van der Waals surface area (Å²) < 4.78 is 0. The highest BCUT2D eigenvalue weighted by Gasteiger charge is 2.09. The predicted octanol–water partition coefficient (Wildman–Crippen LogP) is 3.00. The van der Waals surface area contributed by atoms with Gasteiger partial charge in [0.05, 0.1) is 0 Å². The van der Waals surface area contributed by atoms with Gasteiger partial charge in [0.2, 0.25) is 0 Å². The molecular weight excluding hydrogens is 242 g/mol. The second-order valence-corrected chi connectivity index (χ2v) is 4.97. The summed E-state index contributed by atoms with van der Waals surface area (Å²) in [7, 11) is 0. The first-order valence-electron chi connectivity index (χ1n) is 5.03. The Morgan fingerprint density at radius 1 is 1.25 bits per heavy atom. The van der Waals surface area contributed by atoms with Gasteiger partial charge < -0.3 is 0 Å². The van der Waals surface area contributed by atoms with Crippen molar-refractivity contribution >= 4 is 22.9 Å². The van der Waals surface area contributed by atoms with Gasteiger partial charge in [0, 0.05) is 29.3 Å². The Hall–Kier alpha value is -1.00. The fourth-order valence-electron chi connectivity index (χ4n) is 1.46. The predicted molar refractivity (Wildman–Crippen MR) is 67.0 cm³/mol. The molecule has 5 heteroatoms. The molecule has 84 valence electrons. The number of hydrogen-bond acceptors (Lipinski definition) is 4. The monoisotopic (exact) mass is 253 g/mol. The van der Waals surface area contributed by atoms with Crippen LogP contribution < -0.4 is 0 Å². The van der Waals surface area contributed by atoms with Gasteiger partial charge in [-0.1, -0.05) is 11.3 Å². The summed E-state index contributed by atoms with van der Waals surface area (Å²) in [5, 5.41) is 10.2. The van der Waals surface area contributed by atoms with E-state index in [0.29, 0.717) is 5.88 Å². The molecule has 0 spiro atoms. The molecule has 0 N–H and O–H groups in total. The summed E-state index contributed by atoms with van der Waals surface area (Å²) in [6.07, 6.45) is 0.775. The van der Waals surface area contributed by atoms with Gasteiger partial charge >= 0.3 is 0 Å². The first-order valence-corrected chi connectivity index (χ1v) is 6.39. The van der Waals surface area contributed by atoms with Crippen molar-refractivity contribution < 1.29 is 0 Å². The lowest BCUT2D eigenvalue weighted by atomic mass is 10.2. The number of rotatable bonds is 3. The third kappa shape index (κ3) is 2.39. The van der Waals surface area contributed by atoms with Gasteiger partial charge in [-0.25, -0.2) is 0 Å². The first-order chi connectivity index (χ1) is 7.70. The lowest BCUT2D eigenvalue weighted by Crippen LogP contribution is -1.89. The fraction of sp³-hybridized carbons (Fsp3) is 0.364. The molecule has 0 saturated heterocycles. The van der Waals surface area contributed by atoms with E-state index in [1.165, 1.54) is 0 Å². The molecule has 2 aromatic heterocycles. The van der Waals surface area contributed by atoms with Gasteiger partial charge in [0.15, 0.2) is 0 Å². The highest BCUT2D eigenvalue weighted by atomic mass is 35.5. The molecule has 2 rings (SSSR count). The lowest BCUT2D eigenvalue weighted by molar-refractivity contribution is 0.987. The van der Waals surface area contributed by atoms with E-state index >= 15 is 0 Å². The summed E-state index contributed by atoms with van der Waals surface area (Å²) in [6, 6.07) is 4.04. The van der Waals surface area contributed by atoms with Crippen LogP contribution in [0.15, 0.2) is 12.1 Å². The molecule has 0 saturated carbocycles. The second kappa shape index (κ2) is 4.89. The van der Waals surface area contributed by atoms with Gasteiger partial charge in [-0.3, -0.25) is 4.98 Å². The second-order valence-electron chi connectivity index (χ2n) is 3.53. The minimum Gasteiger partial charge on any atom is -0.258 e. The van der Waals surface area contributed by atoms with E-state index in [4.69, 9.17) is 11.6 Å². The van der Waals surface area contributed by atoms with Gasteiger partial charge in [-0.15, -0.1) is 21.8 Å². The highest BCUT2D eigenvalue weighted by molar-refractivity contribution is 7.14. The molecule has 0 atom stereocenters. The molecule has 16 heavy (non-hydrogen) atoms. The molecule has 2 heterocycles. The van der Waals surface area contributed by atoms with Crippen LogP contribution >= 0.6 is 22.9 Å². The van der Waals surface area contributed by atoms with Gasteiger partial charge in [-0.05, 0) is 26.0 Å². The van der Waals surface area contributed by atoms with Crippen molar-refractivity contribution in [3.63, 3.8) is 0 Å². The van der Waals surface area contributed by atoms with E-state index in [-0.39, 0.29) is 0 Å². The third-order valence-electron chi connectivity index (χ3n) is 2.23. The van der Waals surface area contributed by atoms with Crippen LogP contribution in [0.4, 0.5) is 0 Å². The zero-order chi connectivity index (χ0) is 11.5. The Balaban J connectivity index is 2.35. The Morgan fingerprint density at radius 3 is 2.75 bits per heavy atom. The van der Waals surface area contributed by atoms with E-state index in [0.717, 1.165) is 33.4 Å². The van der Waals surface area contributed by atoms with Crippen molar-refractivity contribution in [3.8, 4) is 10.6 Å². The Bertz CT molecular complexity index is 496. The van der Waals surface area contributed by atoms with Gasteiger partial charge in [0.1, 0.15) is 10.0 Å². The molecule has 0 fully saturated rings. The van der Waals surface area contributed by atoms with Crippen molar-refractivity contribution in [1.82, 2.24) is 15.2 Å². The van der Waals surface area contributed by atoms with Crippen LogP contribution in [0, 0.1) is 13.8 Å². The van der Waals surface area contributed by atoms with Crippen molar-refractivity contribution in [1.29, 1.82) is 0 Å². The average molecular weight is 254 g/mol. The van der Waals surface area contributed by atoms with Gasteiger partial charge in [0.25, 0.3) is 0 Å². The largest absolute Gasteiger partial charge is 0.258 e. The number of nitrogens with zero attached hydrogens (tertiary/aromatic N) is 3. The zero-order valence-corrected chi connectivity index (χ0v) is 10.8. The molecular formula is C11H12ClN3S. The van der Waals surface area contributed by atoms with Crippen molar-refractivity contribution in [2.75, 3.05) is 5.88 Å². The van der Waals surface area contributed by atoms with E-state index in [1.54, 1.807) is 11.3 Å². The third-order valence-corrected chi connectivity index (χ3v) is 3.44. The fourth-order valence-corrected chi connectivity index (χ4v) is 2.66. The topological polar surface area (TPSA) is 38.7 Å². The summed E-state index contributed by atoms with van der Waals surface area (Å²) in [4.78, 5) is 4.42. The lowest BCUT2D eigenvalue weighted by Gasteiger charge is -2.01. The maximum Gasteiger partial charge on any atom is 0.149 e. The Kier molecular flexibility index (Phi) is 3.51. The highest BCUT2D eigenvalue weighted by Crippen LogP contribution is 2.26. The number of halogens is 1. The molecule has 2 aromatic rings. The minimum atomic E-state index is 0.583. The number of alkyl halides is 1. The molecule has 0 amide bonds. The van der Waals surface area contributed by atoms with Crippen LogP contribution in [0.25, 0.3) is 10.6 Å². The Morgan fingerprint density at radius 2 is 2.06 bits per heavy atom. The van der Waals surface area contributed by atoms with Crippen molar-refractivity contribution in [2.24, 2.45) is 0 Å². The first kappa shape index (κ1) is 11.5. The number of aryl methyl sites for hydroxylation is 3. The molecule has 0 radical (unpaired) electrons. The van der Waals surface area contributed by atoms with E-state index in [1.807, 2.05) is 26.0 Å². The molecule has 0 aromatic carbocycles. The van der Waals surface area contributed by atoms with Gasteiger partial charge in [-0.2, -0.15) is 0 Å². The average Bonchev–Trinajstić information content (AvgIpc) is 2.67. The zero-order valence-electron chi connectivity index (χ0n) is 9.20. The van der Waals surface area contributed by atoms with Crippen LogP contribution in [0.3, 0.4) is 0 Å². The molecule has 0 aliphatic carbocycles. The standard InChI is InChI=1S/C11H12ClN3S/c1-7-3-4-9(8(2)13-7)11-15-14-10(16-11)5-6-12/h3-4H,5-6H2,1-2H3. The van der Waals surface area contributed by atoms with Crippen LogP contribution in [-0.4, -0.2) is 21.1 Å². The quantitative estimate of drug-likeness (QED) is 0.790. The maximum absolute atomic E-state index is 5.67. The molecule has 0 aliphatic heterocycles. The van der Waals surface area contributed by atoms with Crippen LogP contribution in [-0.2, 0) is 6.42 Å². The van der Waals surface area contributed by atoms with Crippen LogP contribution in [0.2, 0.25) is 0 Å². The summed E-state index contributed by atoms with van der Waals surface area (Å²) in [6.45, 7) is 3.97. The number of pyridine rings is 1. The molecule has 0 aliphatic rings. The maximum atomic E-state index is 5.67. The SMILES string of the molecule is Cc1ccc(-c2nnc(CCCl)s2)c(C)n1. The summed E-state index contributed by atoms with van der Waals surface area (Å²) in [5.74, 6) is 0.583. The molecule has 0 bridgehead atoms. The van der Waals surface area contributed by atoms with E-state index in [2.05, 4.69) is 15.2 Å². The normalized spacial score (nSPS) is 10.7. The van der Waals surface area contributed by atoms with Crippen molar-refractivity contribution in [2.45, 2.75) is 20.3 Å². The molecule has 3 nitrogen and oxygen atoms in total. The number of aromatic nitrogens is 3. The van der Waals surface area contributed by atoms with Crippen molar-refractivity contribution in [3.05, 3.63) is 28.5 Å².